The third kappa shape index (κ3) is 5.71. The van der Waals surface area contributed by atoms with Crippen LogP contribution in [0.5, 0.6) is 11.5 Å². The van der Waals surface area contributed by atoms with E-state index >= 15 is 0 Å². The van der Waals surface area contributed by atoms with Crippen LogP contribution in [0.25, 0.3) is 0 Å². The van der Waals surface area contributed by atoms with Crippen LogP contribution in [-0.2, 0) is 13.2 Å². The second kappa shape index (κ2) is 9.52. The van der Waals surface area contributed by atoms with E-state index < -0.39 is 0 Å². The maximum absolute atomic E-state index is 9.30. The quantitative estimate of drug-likeness (QED) is 0.723. The molecule has 4 nitrogen and oxygen atoms in total. The smallest absolute Gasteiger partial charge is 0.161 e. The van der Waals surface area contributed by atoms with Crippen molar-refractivity contribution in [2.75, 3.05) is 13.2 Å². The van der Waals surface area contributed by atoms with Crippen LogP contribution in [0.4, 0.5) is 0 Å². The lowest BCUT2D eigenvalue weighted by atomic mass is 10.2. The molecule has 0 aliphatic carbocycles. The van der Waals surface area contributed by atoms with Gasteiger partial charge in [0.15, 0.2) is 11.5 Å². The molecule has 0 aromatic heterocycles. The summed E-state index contributed by atoms with van der Waals surface area (Å²) in [6, 6.07) is 13.5. The molecule has 0 spiro atoms. The van der Waals surface area contributed by atoms with E-state index in [0.29, 0.717) is 42.8 Å². The molecule has 2 rings (SSSR count). The molecular weight excluding hydrogens is 326 g/mol. The van der Waals surface area contributed by atoms with E-state index in [1.165, 1.54) is 0 Å². The molecule has 0 heterocycles. The highest BCUT2D eigenvalue weighted by molar-refractivity contribution is 6.31. The lowest BCUT2D eigenvalue weighted by Gasteiger charge is -2.14. The molecule has 0 bridgehead atoms. The van der Waals surface area contributed by atoms with Gasteiger partial charge in [0.25, 0.3) is 0 Å². The van der Waals surface area contributed by atoms with Gasteiger partial charge in [0.1, 0.15) is 6.61 Å². The minimum atomic E-state index is -0.366. The summed E-state index contributed by atoms with van der Waals surface area (Å²) in [4.78, 5) is 0. The maximum Gasteiger partial charge on any atom is 0.161 e. The lowest BCUT2D eigenvalue weighted by Crippen LogP contribution is -2.23. The summed E-state index contributed by atoms with van der Waals surface area (Å²) in [5.41, 5.74) is 2.01. The minimum absolute atomic E-state index is 0.366. The highest BCUT2D eigenvalue weighted by Crippen LogP contribution is 2.30. The first-order chi connectivity index (χ1) is 11.6. The number of nitrogens with one attached hydrogen (secondary N) is 1. The van der Waals surface area contributed by atoms with Crippen molar-refractivity contribution in [3.63, 3.8) is 0 Å². The Labute approximate surface area is 148 Å². The Morgan fingerprint density at radius 1 is 1.12 bits per heavy atom. The fourth-order valence-electron chi connectivity index (χ4n) is 2.25. The third-order valence-corrected chi connectivity index (χ3v) is 3.79. The van der Waals surface area contributed by atoms with Crippen LogP contribution in [-0.4, -0.2) is 24.4 Å². The summed E-state index contributed by atoms with van der Waals surface area (Å²) >= 11 is 6.16. The number of rotatable bonds is 9. The molecule has 1 atom stereocenters. The van der Waals surface area contributed by atoms with Gasteiger partial charge in [-0.1, -0.05) is 35.9 Å². The Hall–Kier alpha value is -1.75. The number of hydrogen-bond donors (Lipinski definition) is 2. The third-order valence-electron chi connectivity index (χ3n) is 3.42. The maximum atomic E-state index is 9.30. The Bertz CT molecular complexity index is 646. The van der Waals surface area contributed by atoms with Gasteiger partial charge in [0, 0.05) is 23.7 Å². The lowest BCUT2D eigenvalue weighted by molar-refractivity contribution is 0.191. The zero-order valence-electron chi connectivity index (χ0n) is 14.1. The minimum Gasteiger partial charge on any atom is -0.490 e. The van der Waals surface area contributed by atoms with Gasteiger partial charge in [-0.15, -0.1) is 0 Å². The van der Waals surface area contributed by atoms with Crippen LogP contribution in [0.15, 0.2) is 42.5 Å². The molecule has 0 aliphatic rings. The average molecular weight is 350 g/mol. The molecule has 0 radical (unpaired) electrons. The van der Waals surface area contributed by atoms with E-state index in [2.05, 4.69) is 5.32 Å². The van der Waals surface area contributed by atoms with Gasteiger partial charge in [0.05, 0.1) is 12.7 Å². The summed E-state index contributed by atoms with van der Waals surface area (Å²) in [5, 5.41) is 13.2. The summed E-state index contributed by atoms with van der Waals surface area (Å²) in [6.45, 7) is 5.86. The van der Waals surface area contributed by atoms with Gasteiger partial charge < -0.3 is 19.9 Å². The molecule has 5 heteroatoms. The second-order valence-electron chi connectivity index (χ2n) is 5.57. The zero-order valence-corrected chi connectivity index (χ0v) is 14.8. The monoisotopic (exact) mass is 349 g/mol. The van der Waals surface area contributed by atoms with E-state index in [1.54, 1.807) is 6.92 Å². The predicted octanol–water partition coefficient (Wildman–Crippen LogP) is 3.79. The summed E-state index contributed by atoms with van der Waals surface area (Å²) in [5.74, 6) is 1.40. The predicted molar refractivity (Wildman–Crippen MR) is 96.8 cm³/mol. The molecule has 0 unspecified atom stereocenters. The molecule has 0 saturated carbocycles. The SMILES string of the molecule is CCOc1cc(CNC[C@@H](C)O)ccc1OCc1ccccc1Cl. The molecule has 0 fully saturated rings. The van der Waals surface area contributed by atoms with Crippen molar-refractivity contribution in [1.29, 1.82) is 0 Å². The Morgan fingerprint density at radius 3 is 2.62 bits per heavy atom. The fraction of sp³-hybridized carbons (Fsp3) is 0.368. The van der Waals surface area contributed by atoms with E-state index in [4.69, 9.17) is 21.1 Å². The second-order valence-corrected chi connectivity index (χ2v) is 5.98. The van der Waals surface area contributed by atoms with Crippen molar-refractivity contribution >= 4 is 11.6 Å². The molecule has 2 aromatic rings. The first-order valence-corrected chi connectivity index (χ1v) is 8.48. The Balaban J connectivity index is 2.04. The first kappa shape index (κ1) is 18.6. The molecule has 0 saturated heterocycles. The molecule has 0 aliphatic heterocycles. The Morgan fingerprint density at radius 2 is 1.92 bits per heavy atom. The van der Waals surface area contributed by atoms with Crippen molar-refractivity contribution < 1.29 is 14.6 Å². The van der Waals surface area contributed by atoms with E-state index in [9.17, 15) is 5.11 Å². The van der Waals surface area contributed by atoms with Crippen molar-refractivity contribution in [3.8, 4) is 11.5 Å². The van der Waals surface area contributed by atoms with Crippen LogP contribution in [0.3, 0.4) is 0 Å². The highest BCUT2D eigenvalue weighted by Gasteiger charge is 2.08. The van der Waals surface area contributed by atoms with Gasteiger partial charge in [-0.2, -0.15) is 0 Å². The number of halogens is 1. The Kier molecular flexibility index (Phi) is 7.37. The standard InChI is InChI=1S/C19H24ClNO3/c1-3-23-19-10-15(12-21-11-14(2)22)8-9-18(19)24-13-16-6-4-5-7-17(16)20/h4-10,14,21-22H,3,11-13H2,1-2H3/t14-/m1/s1. The van der Waals surface area contributed by atoms with E-state index in [-0.39, 0.29) is 6.10 Å². The van der Waals surface area contributed by atoms with E-state index in [1.807, 2.05) is 49.4 Å². The van der Waals surface area contributed by atoms with Crippen molar-refractivity contribution in [2.45, 2.75) is 33.1 Å². The molecule has 2 N–H and O–H groups in total. The average Bonchev–Trinajstić information content (AvgIpc) is 2.55. The number of aliphatic hydroxyl groups is 1. The fourth-order valence-corrected chi connectivity index (χ4v) is 2.44. The number of benzene rings is 2. The van der Waals surface area contributed by atoms with Crippen molar-refractivity contribution in [2.24, 2.45) is 0 Å². The van der Waals surface area contributed by atoms with Gasteiger partial charge in [-0.25, -0.2) is 0 Å². The van der Waals surface area contributed by atoms with Crippen LogP contribution in [0, 0.1) is 0 Å². The van der Waals surface area contributed by atoms with Crippen molar-refractivity contribution in [1.82, 2.24) is 5.32 Å². The summed E-state index contributed by atoms with van der Waals surface area (Å²) in [6.07, 6.45) is -0.366. The molecule has 2 aromatic carbocycles. The van der Waals surface area contributed by atoms with Crippen LogP contribution < -0.4 is 14.8 Å². The largest absolute Gasteiger partial charge is 0.490 e. The number of aliphatic hydroxyl groups excluding tert-OH is 1. The summed E-state index contributed by atoms with van der Waals surface area (Å²) < 4.78 is 11.6. The van der Waals surface area contributed by atoms with Gasteiger partial charge in [0.2, 0.25) is 0 Å². The van der Waals surface area contributed by atoms with Crippen LogP contribution in [0.2, 0.25) is 5.02 Å². The van der Waals surface area contributed by atoms with Gasteiger partial charge in [-0.05, 0) is 37.6 Å². The normalized spacial score (nSPS) is 12.0. The topological polar surface area (TPSA) is 50.7 Å². The molecular formula is C19H24ClNO3. The van der Waals surface area contributed by atoms with Crippen molar-refractivity contribution in [3.05, 3.63) is 58.6 Å². The molecule has 130 valence electrons. The van der Waals surface area contributed by atoms with E-state index in [0.717, 1.165) is 11.1 Å². The molecule has 0 amide bonds. The number of ether oxygens (including phenoxy) is 2. The van der Waals surface area contributed by atoms with Gasteiger partial charge >= 0.3 is 0 Å². The summed E-state index contributed by atoms with van der Waals surface area (Å²) in [7, 11) is 0. The van der Waals surface area contributed by atoms with Gasteiger partial charge in [-0.3, -0.25) is 0 Å². The van der Waals surface area contributed by atoms with Crippen LogP contribution >= 0.6 is 11.6 Å². The zero-order chi connectivity index (χ0) is 17.4. The molecule has 24 heavy (non-hydrogen) atoms. The highest BCUT2D eigenvalue weighted by atomic mass is 35.5. The number of hydrogen-bond acceptors (Lipinski definition) is 4. The van der Waals surface area contributed by atoms with Crippen LogP contribution in [0.1, 0.15) is 25.0 Å². The first-order valence-electron chi connectivity index (χ1n) is 8.11.